The molecule has 27 heavy (non-hydrogen) atoms. The minimum Gasteiger partial charge on any atom is -0.494 e. The first-order valence-corrected chi connectivity index (χ1v) is 8.66. The average molecular weight is 482 g/mol. The first-order valence-electron chi connectivity index (χ1n) is 8.66. The Morgan fingerprint density at radius 2 is 1.85 bits per heavy atom. The van der Waals surface area contributed by atoms with E-state index in [9.17, 15) is 4.79 Å². The fraction of sp³-hybridized carbons (Fsp3) is 0.300. The predicted molar refractivity (Wildman–Crippen MR) is 120 cm³/mol. The summed E-state index contributed by atoms with van der Waals surface area (Å²) in [7, 11) is 3.36. The minimum atomic E-state index is -0.0900. The van der Waals surface area contributed by atoms with Crippen LogP contribution in [-0.2, 0) is 6.54 Å². The van der Waals surface area contributed by atoms with Crippen molar-refractivity contribution in [3.05, 3.63) is 65.7 Å². The number of carbonyl (C=O) groups excluding carboxylic acids is 1. The van der Waals surface area contributed by atoms with Crippen molar-refractivity contribution in [3.8, 4) is 5.75 Å². The summed E-state index contributed by atoms with van der Waals surface area (Å²) in [5.41, 5.74) is 1.66. The number of amides is 1. The summed E-state index contributed by atoms with van der Waals surface area (Å²) in [4.78, 5) is 15.9. The molecule has 0 bridgehead atoms. The number of carbonyl (C=O) groups is 1. The van der Waals surface area contributed by atoms with E-state index in [4.69, 9.17) is 4.74 Å². The number of hydrogen-bond donors (Lipinski definition) is 3. The Morgan fingerprint density at radius 3 is 2.56 bits per heavy atom. The topological polar surface area (TPSA) is 74.8 Å². The third-order valence-corrected chi connectivity index (χ3v) is 3.73. The number of halogens is 1. The summed E-state index contributed by atoms with van der Waals surface area (Å²) >= 11 is 0. The van der Waals surface area contributed by atoms with Crippen molar-refractivity contribution in [3.63, 3.8) is 0 Å². The van der Waals surface area contributed by atoms with Crippen LogP contribution < -0.4 is 20.7 Å². The third-order valence-electron chi connectivity index (χ3n) is 3.73. The van der Waals surface area contributed by atoms with Gasteiger partial charge in [-0.15, -0.1) is 24.0 Å². The van der Waals surface area contributed by atoms with Gasteiger partial charge in [-0.05, 0) is 36.2 Å². The highest BCUT2D eigenvalue weighted by Gasteiger charge is 2.04. The highest BCUT2D eigenvalue weighted by molar-refractivity contribution is 14.0. The number of benzene rings is 2. The van der Waals surface area contributed by atoms with Gasteiger partial charge < -0.3 is 20.7 Å². The normalized spacial score (nSPS) is 10.5. The van der Waals surface area contributed by atoms with Gasteiger partial charge in [-0.1, -0.05) is 30.3 Å². The zero-order valence-corrected chi connectivity index (χ0v) is 18.0. The summed E-state index contributed by atoms with van der Waals surface area (Å²) in [6.45, 7) is 1.98. The first-order chi connectivity index (χ1) is 12.7. The van der Waals surface area contributed by atoms with Crippen LogP contribution in [0.25, 0.3) is 0 Å². The van der Waals surface area contributed by atoms with E-state index in [1.807, 2.05) is 48.5 Å². The van der Waals surface area contributed by atoms with Crippen LogP contribution in [0.1, 0.15) is 22.3 Å². The first kappa shape index (κ1) is 22.8. The Labute approximate surface area is 177 Å². The van der Waals surface area contributed by atoms with E-state index < -0.39 is 0 Å². The Hall–Kier alpha value is -2.29. The molecule has 2 rings (SSSR count). The Morgan fingerprint density at radius 1 is 1.07 bits per heavy atom. The molecular formula is C20H27IN4O2. The molecule has 0 radical (unpaired) electrons. The summed E-state index contributed by atoms with van der Waals surface area (Å²) in [6.07, 6.45) is 0.863. The van der Waals surface area contributed by atoms with Crippen LogP contribution in [0.15, 0.2) is 59.6 Å². The van der Waals surface area contributed by atoms with Crippen molar-refractivity contribution in [2.75, 3.05) is 27.2 Å². The molecule has 0 aliphatic carbocycles. The molecule has 6 nitrogen and oxygen atoms in total. The van der Waals surface area contributed by atoms with E-state index in [2.05, 4.69) is 20.9 Å². The number of para-hydroxylation sites is 1. The number of rotatable bonds is 8. The maximum atomic E-state index is 11.7. The summed E-state index contributed by atoms with van der Waals surface area (Å²) in [6, 6.07) is 17.3. The molecule has 0 saturated carbocycles. The van der Waals surface area contributed by atoms with Gasteiger partial charge >= 0.3 is 0 Å². The largest absolute Gasteiger partial charge is 0.494 e. The number of guanidine groups is 1. The average Bonchev–Trinajstić information content (AvgIpc) is 2.70. The molecule has 0 fully saturated rings. The van der Waals surface area contributed by atoms with Crippen LogP contribution in [0.2, 0.25) is 0 Å². The molecule has 2 aromatic rings. The van der Waals surface area contributed by atoms with Crippen molar-refractivity contribution < 1.29 is 9.53 Å². The predicted octanol–water partition coefficient (Wildman–Crippen LogP) is 2.80. The van der Waals surface area contributed by atoms with Gasteiger partial charge in [0.25, 0.3) is 5.91 Å². The molecule has 0 aromatic heterocycles. The molecule has 7 heteroatoms. The van der Waals surface area contributed by atoms with Gasteiger partial charge in [-0.3, -0.25) is 9.79 Å². The Kier molecular flexibility index (Phi) is 10.9. The second-order valence-electron chi connectivity index (χ2n) is 5.65. The van der Waals surface area contributed by atoms with Crippen molar-refractivity contribution in [1.29, 1.82) is 0 Å². The SMILES string of the molecule is CN=C(NCCCOc1ccccc1)NCc1cccc(C(=O)NC)c1.I. The molecule has 0 aliphatic rings. The van der Waals surface area contributed by atoms with E-state index in [0.29, 0.717) is 18.7 Å². The maximum absolute atomic E-state index is 11.7. The van der Waals surface area contributed by atoms with Crippen molar-refractivity contribution in [2.24, 2.45) is 4.99 Å². The van der Waals surface area contributed by atoms with Crippen LogP contribution in [0, 0.1) is 0 Å². The van der Waals surface area contributed by atoms with Crippen LogP contribution in [0.4, 0.5) is 0 Å². The van der Waals surface area contributed by atoms with Gasteiger partial charge in [0.2, 0.25) is 0 Å². The zero-order valence-electron chi connectivity index (χ0n) is 15.7. The van der Waals surface area contributed by atoms with Crippen LogP contribution in [0.5, 0.6) is 5.75 Å². The standard InChI is InChI=1S/C20H26N4O2.HI/c1-21-19(25)17-9-6-8-16(14-17)15-24-20(22-2)23-12-7-13-26-18-10-4-3-5-11-18;/h3-6,8-11,14H,7,12-13,15H2,1-2H3,(H,21,25)(H2,22,23,24);1H. The second kappa shape index (κ2) is 13.0. The van der Waals surface area contributed by atoms with E-state index >= 15 is 0 Å². The molecular weight excluding hydrogens is 455 g/mol. The number of ether oxygens (including phenoxy) is 1. The van der Waals surface area contributed by atoms with E-state index in [-0.39, 0.29) is 29.9 Å². The van der Waals surface area contributed by atoms with E-state index in [1.54, 1.807) is 20.2 Å². The lowest BCUT2D eigenvalue weighted by atomic mass is 10.1. The van der Waals surface area contributed by atoms with Crippen LogP contribution >= 0.6 is 24.0 Å². The Bertz CT molecular complexity index is 723. The quantitative estimate of drug-likeness (QED) is 0.234. The van der Waals surface area contributed by atoms with Crippen LogP contribution in [-0.4, -0.2) is 39.1 Å². The summed E-state index contributed by atoms with van der Waals surface area (Å²) in [5, 5.41) is 9.13. The molecule has 0 unspecified atom stereocenters. The Balaban J connectivity index is 0.00000364. The molecule has 0 atom stereocenters. The van der Waals surface area contributed by atoms with Gasteiger partial charge in [-0.25, -0.2) is 0 Å². The lowest BCUT2D eigenvalue weighted by Gasteiger charge is -2.13. The lowest BCUT2D eigenvalue weighted by molar-refractivity contribution is 0.0963. The van der Waals surface area contributed by atoms with Gasteiger partial charge in [-0.2, -0.15) is 0 Å². The van der Waals surface area contributed by atoms with Crippen molar-refractivity contribution in [1.82, 2.24) is 16.0 Å². The van der Waals surface area contributed by atoms with Crippen LogP contribution in [0.3, 0.4) is 0 Å². The number of aliphatic imine (C=N–C) groups is 1. The second-order valence-corrected chi connectivity index (χ2v) is 5.65. The fourth-order valence-corrected chi connectivity index (χ4v) is 2.36. The van der Waals surface area contributed by atoms with Gasteiger partial charge in [0, 0.05) is 32.7 Å². The van der Waals surface area contributed by atoms with Crippen molar-refractivity contribution >= 4 is 35.8 Å². The molecule has 2 aromatic carbocycles. The molecule has 0 saturated heterocycles. The van der Waals surface area contributed by atoms with E-state index in [0.717, 1.165) is 30.2 Å². The lowest BCUT2D eigenvalue weighted by Crippen LogP contribution is -2.37. The highest BCUT2D eigenvalue weighted by atomic mass is 127. The fourth-order valence-electron chi connectivity index (χ4n) is 2.36. The highest BCUT2D eigenvalue weighted by Crippen LogP contribution is 2.08. The molecule has 146 valence electrons. The molecule has 0 aliphatic heterocycles. The molecule has 0 spiro atoms. The summed E-state index contributed by atoms with van der Waals surface area (Å²) < 4.78 is 5.66. The third kappa shape index (κ3) is 8.29. The number of nitrogens with zero attached hydrogens (tertiary/aromatic N) is 1. The number of nitrogens with one attached hydrogen (secondary N) is 3. The zero-order chi connectivity index (χ0) is 18.6. The molecule has 1 amide bonds. The summed E-state index contributed by atoms with van der Waals surface area (Å²) in [5.74, 6) is 1.51. The van der Waals surface area contributed by atoms with Gasteiger partial charge in [0.05, 0.1) is 6.61 Å². The van der Waals surface area contributed by atoms with Gasteiger partial charge in [0.1, 0.15) is 5.75 Å². The number of hydrogen-bond acceptors (Lipinski definition) is 3. The van der Waals surface area contributed by atoms with E-state index in [1.165, 1.54) is 0 Å². The molecule has 3 N–H and O–H groups in total. The minimum absolute atomic E-state index is 0. The molecule has 0 heterocycles. The van der Waals surface area contributed by atoms with Gasteiger partial charge in [0.15, 0.2) is 5.96 Å². The maximum Gasteiger partial charge on any atom is 0.251 e. The smallest absolute Gasteiger partial charge is 0.251 e. The monoisotopic (exact) mass is 482 g/mol. The van der Waals surface area contributed by atoms with Crippen molar-refractivity contribution in [2.45, 2.75) is 13.0 Å².